The van der Waals surface area contributed by atoms with Gasteiger partial charge in [-0.2, -0.15) is 5.26 Å². The van der Waals surface area contributed by atoms with Crippen molar-refractivity contribution in [1.82, 2.24) is 0 Å². The second-order valence-corrected chi connectivity index (χ2v) is 5.77. The first-order chi connectivity index (χ1) is 9.10. The zero-order valence-corrected chi connectivity index (χ0v) is 11.7. The van der Waals surface area contributed by atoms with E-state index in [-0.39, 0.29) is 10.6 Å². The van der Waals surface area contributed by atoms with Crippen molar-refractivity contribution in [3.05, 3.63) is 43.6 Å². The molecule has 0 saturated carbocycles. The summed E-state index contributed by atoms with van der Waals surface area (Å²) >= 11 is 2.46. The number of ether oxygens (including phenoxy) is 1. The molecular formula is C12H11N3O2S2. The highest BCUT2D eigenvalue weighted by molar-refractivity contribution is 8.06. The summed E-state index contributed by atoms with van der Waals surface area (Å²) in [5.41, 5.74) is 12.3. The maximum Gasteiger partial charge on any atom is 0.337 e. The molecule has 2 rings (SSSR count). The van der Waals surface area contributed by atoms with Gasteiger partial charge < -0.3 is 16.2 Å². The molecule has 1 atom stereocenters. The van der Waals surface area contributed by atoms with E-state index in [0.717, 1.165) is 16.6 Å². The number of methoxy groups -OCH3 is 1. The zero-order valence-electron chi connectivity index (χ0n) is 10.0. The van der Waals surface area contributed by atoms with Crippen LogP contribution >= 0.6 is 23.1 Å². The normalized spacial score (nSPS) is 19.3. The highest BCUT2D eigenvalue weighted by atomic mass is 32.2. The number of thiophene rings is 1. The summed E-state index contributed by atoms with van der Waals surface area (Å²) in [5, 5.41) is 11.7. The SMILES string of the molecule is COC(=O)C1=C(N)SC(N)=C(C#N)[C@H]1c1cccs1. The van der Waals surface area contributed by atoms with Crippen molar-refractivity contribution in [2.24, 2.45) is 11.5 Å². The molecule has 0 aromatic carbocycles. The molecule has 1 aromatic heterocycles. The van der Waals surface area contributed by atoms with Crippen LogP contribution in [0.2, 0.25) is 0 Å². The first kappa shape index (κ1) is 13.5. The minimum Gasteiger partial charge on any atom is -0.466 e. The van der Waals surface area contributed by atoms with E-state index in [1.165, 1.54) is 18.4 Å². The van der Waals surface area contributed by atoms with Crippen molar-refractivity contribution in [2.75, 3.05) is 7.11 Å². The Bertz CT molecular complexity index is 611. The van der Waals surface area contributed by atoms with Crippen molar-refractivity contribution in [3.63, 3.8) is 0 Å². The number of rotatable bonds is 2. The summed E-state index contributed by atoms with van der Waals surface area (Å²) in [7, 11) is 1.28. The van der Waals surface area contributed by atoms with Crippen LogP contribution in [0.4, 0.5) is 0 Å². The van der Waals surface area contributed by atoms with E-state index in [2.05, 4.69) is 6.07 Å². The van der Waals surface area contributed by atoms with Crippen LogP contribution in [-0.4, -0.2) is 13.1 Å². The van der Waals surface area contributed by atoms with Crippen LogP contribution < -0.4 is 11.5 Å². The highest BCUT2D eigenvalue weighted by Gasteiger charge is 2.35. The van der Waals surface area contributed by atoms with Gasteiger partial charge in [0, 0.05) is 4.88 Å². The lowest BCUT2D eigenvalue weighted by Crippen LogP contribution is -2.24. The van der Waals surface area contributed by atoms with Crippen LogP contribution in [0.25, 0.3) is 0 Å². The number of nitriles is 1. The van der Waals surface area contributed by atoms with Crippen molar-refractivity contribution < 1.29 is 9.53 Å². The predicted molar refractivity (Wildman–Crippen MR) is 74.7 cm³/mol. The van der Waals surface area contributed by atoms with Crippen LogP contribution in [0.3, 0.4) is 0 Å². The van der Waals surface area contributed by atoms with Gasteiger partial charge in [-0.1, -0.05) is 17.8 Å². The molecule has 7 heteroatoms. The van der Waals surface area contributed by atoms with Crippen LogP contribution in [0.15, 0.2) is 38.7 Å². The predicted octanol–water partition coefficient (Wildman–Crippen LogP) is 1.62. The Kier molecular flexibility index (Phi) is 3.83. The van der Waals surface area contributed by atoms with Crippen molar-refractivity contribution in [2.45, 2.75) is 5.92 Å². The number of nitrogens with zero attached hydrogens (tertiary/aromatic N) is 1. The largest absolute Gasteiger partial charge is 0.466 e. The summed E-state index contributed by atoms with van der Waals surface area (Å²) in [6.45, 7) is 0. The van der Waals surface area contributed by atoms with E-state index in [4.69, 9.17) is 16.2 Å². The second kappa shape index (κ2) is 5.38. The van der Waals surface area contributed by atoms with Crippen molar-refractivity contribution in [1.29, 1.82) is 5.26 Å². The minimum atomic E-state index is -0.543. The van der Waals surface area contributed by atoms with Crippen molar-refractivity contribution in [3.8, 4) is 6.07 Å². The number of nitrogens with two attached hydrogens (primary N) is 2. The van der Waals surface area contributed by atoms with Gasteiger partial charge in [0.1, 0.15) is 0 Å². The molecule has 0 amide bonds. The molecule has 1 aliphatic rings. The Morgan fingerprint density at radius 3 is 2.74 bits per heavy atom. The quantitative estimate of drug-likeness (QED) is 0.803. The smallest absolute Gasteiger partial charge is 0.337 e. The van der Waals surface area contributed by atoms with Gasteiger partial charge in [0.25, 0.3) is 0 Å². The molecule has 1 aromatic rings. The van der Waals surface area contributed by atoms with Crippen LogP contribution in [0.5, 0.6) is 0 Å². The third-order valence-electron chi connectivity index (χ3n) is 2.68. The number of carbonyl (C=O) groups is 1. The number of allylic oxidation sites excluding steroid dienone is 1. The fraction of sp³-hybridized carbons (Fsp3) is 0.167. The van der Waals surface area contributed by atoms with Gasteiger partial charge in [-0.05, 0) is 11.4 Å². The molecule has 19 heavy (non-hydrogen) atoms. The average Bonchev–Trinajstić information content (AvgIpc) is 2.90. The van der Waals surface area contributed by atoms with Gasteiger partial charge in [-0.15, -0.1) is 11.3 Å². The summed E-state index contributed by atoms with van der Waals surface area (Å²) < 4.78 is 4.76. The van der Waals surface area contributed by atoms with Crippen LogP contribution in [-0.2, 0) is 9.53 Å². The molecule has 0 saturated heterocycles. The van der Waals surface area contributed by atoms with Gasteiger partial charge >= 0.3 is 5.97 Å². The molecule has 0 radical (unpaired) electrons. The third-order valence-corrected chi connectivity index (χ3v) is 4.50. The Labute approximate surface area is 118 Å². The molecule has 0 fully saturated rings. The van der Waals surface area contributed by atoms with E-state index < -0.39 is 11.9 Å². The van der Waals surface area contributed by atoms with Crippen LogP contribution in [0.1, 0.15) is 10.8 Å². The van der Waals surface area contributed by atoms with Gasteiger partial charge in [0.2, 0.25) is 0 Å². The lowest BCUT2D eigenvalue weighted by Gasteiger charge is -2.24. The van der Waals surface area contributed by atoms with E-state index in [1.54, 1.807) is 0 Å². The van der Waals surface area contributed by atoms with Crippen LogP contribution in [0, 0.1) is 11.3 Å². The molecule has 98 valence electrons. The molecule has 0 aliphatic carbocycles. The Morgan fingerprint density at radius 2 is 2.21 bits per heavy atom. The highest BCUT2D eigenvalue weighted by Crippen LogP contribution is 2.44. The van der Waals surface area contributed by atoms with Gasteiger partial charge in [-0.25, -0.2) is 4.79 Å². The van der Waals surface area contributed by atoms with Crippen molar-refractivity contribution >= 4 is 29.1 Å². The lowest BCUT2D eigenvalue weighted by molar-refractivity contribution is -0.136. The van der Waals surface area contributed by atoms with E-state index >= 15 is 0 Å². The molecule has 1 aliphatic heterocycles. The molecule has 0 bridgehead atoms. The van der Waals surface area contributed by atoms with Gasteiger partial charge in [0.15, 0.2) is 0 Å². The summed E-state index contributed by atoms with van der Waals surface area (Å²) in [4.78, 5) is 12.7. The molecule has 2 heterocycles. The maximum absolute atomic E-state index is 11.9. The average molecular weight is 293 g/mol. The first-order valence-electron chi connectivity index (χ1n) is 5.29. The Balaban J connectivity index is 2.61. The van der Waals surface area contributed by atoms with E-state index in [1.807, 2.05) is 17.5 Å². The fourth-order valence-electron chi connectivity index (χ4n) is 1.85. The van der Waals surface area contributed by atoms with E-state index in [0.29, 0.717) is 10.6 Å². The van der Waals surface area contributed by atoms with E-state index in [9.17, 15) is 10.1 Å². The Hall–Kier alpha value is -1.91. The first-order valence-corrected chi connectivity index (χ1v) is 6.98. The summed E-state index contributed by atoms with van der Waals surface area (Å²) in [5.74, 6) is -1.08. The standard InChI is InChI=1S/C12H11N3O2S2/c1-17-12(16)9-8(7-3-2-4-18-7)6(5-13)10(14)19-11(9)15/h2-4,8H,14-15H2,1H3/t8-/m0/s1. The monoisotopic (exact) mass is 293 g/mol. The molecule has 4 N–H and O–H groups in total. The third kappa shape index (κ3) is 2.32. The number of esters is 1. The number of hydrogen-bond donors (Lipinski definition) is 2. The number of hydrogen-bond acceptors (Lipinski definition) is 7. The summed E-state index contributed by atoms with van der Waals surface area (Å²) in [6.07, 6.45) is 0. The summed E-state index contributed by atoms with van der Waals surface area (Å²) in [6, 6.07) is 5.75. The second-order valence-electron chi connectivity index (χ2n) is 3.71. The molecule has 0 spiro atoms. The maximum atomic E-state index is 11.9. The van der Waals surface area contributed by atoms with Gasteiger partial charge in [0.05, 0.1) is 40.3 Å². The minimum absolute atomic E-state index is 0.278. The fourth-order valence-corrected chi connectivity index (χ4v) is 3.51. The molecule has 0 unspecified atom stereocenters. The number of thioether (sulfide) groups is 1. The topological polar surface area (TPSA) is 102 Å². The lowest BCUT2D eigenvalue weighted by atomic mass is 9.90. The zero-order chi connectivity index (χ0) is 14.0. The number of carbonyl (C=O) groups excluding carboxylic acids is 1. The molecule has 5 nitrogen and oxygen atoms in total. The molecular weight excluding hydrogens is 282 g/mol. The van der Waals surface area contributed by atoms with Gasteiger partial charge in [-0.3, -0.25) is 0 Å². The Morgan fingerprint density at radius 1 is 1.47 bits per heavy atom.